The molecule has 4 nitrogen and oxygen atoms in total. The van der Waals surface area contributed by atoms with Gasteiger partial charge < -0.3 is 15.5 Å². The zero-order valence-corrected chi connectivity index (χ0v) is 12.8. The van der Waals surface area contributed by atoms with Gasteiger partial charge >= 0.3 is 0 Å². The van der Waals surface area contributed by atoms with Gasteiger partial charge in [0.1, 0.15) is 0 Å². The van der Waals surface area contributed by atoms with Gasteiger partial charge in [0.15, 0.2) is 0 Å². The zero-order valence-electron chi connectivity index (χ0n) is 12.1. The van der Waals surface area contributed by atoms with Crippen LogP contribution in [0.2, 0.25) is 5.02 Å². The minimum Gasteiger partial charge on any atom is -0.368 e. The summed E-state index contributed by atoms with van der Waals surface area (Å²) >= 11 is 5.89. The van der Waals surface area contributed by atoms with E-state index in [0.29, 0.717) is 0 Å². The molecule has 0 aliphatic carbocycles. The first-order valence-electron chi connectivity index (χ1n) is 7.04. The van der Waals surface area contributed by atoms with Crippen molar-refractivity contribution in [2.24, 2.45) is 11.7 Å². The number of piperazine rings is 1. The average molecular weight is 296 g/mol. The van der Waals surface area contributed by atoms with E-state index >= 15 is 0 Å². The summed E-state index contributed by atoms with van der Waals surface area (Å²) < 4.78 is 0. The van der Waals surface area contributed by atoms with Gasteiger partial charge in [-0.3, -0.25) is 4.79 Å². The molecule has 0 spiro atoms. The number of nitrogens with two attached hydrogens (primary N) is 1. The molecule has 1 atom stereocenters. The molecule has 1 heterocycles. The molecule has 1 saturated heterocycles. The summed E-state index contributed by atoms with van der Waals surface area (Å²) in [6.07, 6.45) is 0. The molecular formula is C15H22ClN3O. The Labute approximate surface area is 125 Å². The Balaban J connectivity index is 1.92. The zero-order chi connectivity index (χ0) is 14.7. The topological polar surface area (TPSA) is 49.6 Å². The Kier molecular flexibility index (Phi) is 4.89. The van der Waals surface area contributed by atoms with E-state index < -0.39 is 6.04 Å². The van der Waals surface area contributed by atoms with Gasteiger partial charge in [-0.15, -0.1) is 0 Å². The van der Waals surface area contributed by atoms with E-state index in [1.807, 2.05) is 43.0 Å². The highest BCUT2D eigenvalue weighted by molar-refractivity contribution is 6.30. The molecule has 0 radical (unpaired) electrons. The first kappa shape index (κ1) is 15.1. The second kappa shape index (κ2) is 6.46. The second-order valence-electron chi connectivity index (χ2n) is 5.56. The number of carbonyl (C=O) groups is 1. The lowest BCUT2D eigenvalue weighted by atomic mass is 10.0. The monoisotopic (exact) mass is 295 g/mol. The van der Waals surface area contributed by atoms with Crippen molar-refractivity contribution in [1.29, 1.82) is 0 Å². The van der Waals surface area contributed by atoms with Crippen molar-refractivity contribution in [3.05, 3.63) is 29.3 Å². The fraction of sp³-hybridized carbons (Fsp3) is 0.533. The summed E-state index contributed by atoms with van der Waals surface area (Å²) in [6.45, 7) is 7.07. The highest BCUT2D eigenvalue weighted by Crippen LogP contribution is 2.19. The number of carbonyl (C=O) groups excluding carboxylic acids is 1. The van der Waals surface area contributed by atoms with Crippen LogP contribution >= 0.6 is 11.6 Å². The lowest BCUT2D eigenvalue weighted by molar-refractivity contribution is -0.133. The molecule has 0 aromatic heterocycles. The van der Waals surface area contributed by atoms with E-state index in [-0.39, 0.29) is 11.8 Å². The van der Waals surface area contributed by atoms with Crippen molar-refractivity contribution in [1.82, 2.24) is 4.90 Å². The largest absolute Gasteiger partial charge is 0.368 e. The van der Waals surface area contributed by atoms with E-state index in [0.717, 1.165) is 36.9 Å². The summed E-state index contributed by atoms with van der Waals surface area (Å²) in [7, 11) is 0. The molecule has 0 saturated carbocycles. The van der Waals surface area contributed by atoms with Gasteiger partial charge in [-0.1, -0.05) is 25.4 Å². The summed E-state index contributed by atoms with van der Waals surface area (Å²) in [4.78, 5) is 16.3. The van der Waals surface area contributed by atoms with Gasteiger partial charge in [0.05, 0.1) is 6.04 Å². The molecule has 2 rings (SSSR count). The predicted octanol–water partition coefficient (Wildman–Crippen LogP) is 1.97. The molecule has 0 bridgehead atoms. The van der Waals surface area contributed by atoms with Gasteiger partial charge in [-0.2, -0.15) is 0 Å². The molecule has 1 aromatic rings. The van der Waals surface area contributed by atoms with Gasteiger partial charge in [0.2, 0.25) is 5.91 Å². The Morgan fingerprint density at radius 1 is 1.15 bits per heavy atom. The van der Waals surface area contributed by atoms with E-state index in [4.69, 9.17) is 17.3 Å². The van der Waals surface area contributed by atoms with Gasteiger partial charge in [0.25, 0.3) is 0 Å². The van der Waals surface area contributed by atoms with E-state index in [1.54, 1.807) is 0 Å². The Hall–Kier alpha value is -1.26. The smallest absolute Gasteiger partial charge is 0.239 e. The van der Waals surface area contributed by atoms with Gasteiger partial charge in [0, 0.05) is 36.9 Å². The number of rotatable bonds is 3. The van der Waals surface area contributed by atoms with Gasteiger partial charge in [-0.25, -0.2) is 0 Å². The fourth-order valence-corrected chi connectivity index (χ4v) is 2.46. The third-order valence-corrected chi connectivity index (χ3v) is 4.04. The number of benzene rings is 1. The van der Waals surface area contributed by atoms with Crippen LogP contribution in [0.3, 0.4) is 0 Å². The minimum atomic E-state index is -0.392. The SMILES string of the molecule is CC(C)[C@@H](N)C(=O)N1CCN(c2ccc(Cl)cc2)CC1. The van der Waals surface area contributed by atoms with E-state index in [9.17, 15) is 4.79 Å². The number of anilines is 1. The van der Waals surface area contributed by atoms with Crippen molar-refractivity contribution in [3.63, 3.8) is 0 Å². The maximum atomic E-state index is 12.2. The normalized spacial score (nSPS) is 17.4. The average Bonchev–Trinajstić information content (AvgIpc) is 2.46. The Morgan fingerprint density at radius 3 is 2.20 bits per heavy atom. The lowest BCUT2D eigenvalue weighted by Crippen LogP contribution is -2.54. The second-order valence-corrected chi connectivity index (χ2v) is 5.99. The van der Waals surface area contributed by atoms with Crippen LogP contribution in [0, 0.1) is 5.92 Å². The highest BCUT2D eigenvalue weighted by Gasteiger charge is 2.26. The first-order valence-corrected chi connectivity index (χ1v) is 7.41. The maximum Gasteiger partial charge on any atom is 0.239 e. The van der Waals surface area contributed by atoms with Crippen molar-refractivity contribution in [2.75, 3.05) is 31.1 Å². The third kappa shape index (κ3) is 3.44. The van der Waals surface area contributed by atoms with Crippen LogP contribution in [0.1, 0.15) is 13.8 Å². The number of amides is 1. The molecule has 20 heavy (non-hydrogen) atoms. The molecular weight excluding hydrogens is 274 g/mol. The van der Waals surface area contributed by atoms with Crippen LogP contribution < -0.4 is 10.6 Å². The molecule has 2 N–H and O–H groups in total. The summed E-state index contributed by atoms with van der Waals surface area (Å²) in [5.41, 5.74) is 7.08. The van der Waals surface area contributed by atoms with Crippen molar-refractivity contribution in [3.8, 4) is 0 Å². The van der Waals surface area contributed by atoms with Crippen LogP contribution in [0.4, 0.5) is 5.69 Å². The van der Waals surface area contributed by atoms with Crippen LogP contribution in [-0.2, 0) is 4.79 Å². The molecule has 1 aliphatic heterocycles. The summed E-state index contributed by atoms with van der Waals surface area (Å²) in [5.74, 6) is 0.243. The lowest BCUT2D eigenvalue weighted by Gasteiger charge is -2.37. The molecule has 1 fully saturated rings. The molecule has 110 valence electrons. The van der Waals surface area contributed by atoms with Crippen molar-refractivity contribution < 1.29 is 4.79 Å². The number of hydrogen-bond acceptors (Lipinski definition) is 3. The predicted molar refractivity (Wildman–Crippen MR) is 83.1 cm³/mol. The quantitative estimate of drug-likeness (QED) is 0.927. The van der Waals surface area contributed by atoms with Gasteiger partial charge in [-0.05, 0) is 30.2 Å². The standard InChI is InChI=1S/C15H22ClN3O/c1-11(2)14(17)15(20)19-9-7-18(8-10-19)13-5-3-12(16)4-6-13/h3-6,11,14H,7-10,17H2,1-2H3/t14-/m1/s1. The Bertz CT molecular complexity index is 453. The molecule has 1 aromatic carbocycles. The number of hydrogen-bond donors (Lipinski definition) is 1. The minimum absolute atomic E-state index is 0.0655. The highest BCUT2D eigenvalue weighted by atomic mass is 35.5. The summed E-state index contributed by atoms with van der Waals surface area (Å²) in [6, 6.07) is 7.42. The number of nitrogens with zero attached hydrogens (tertiary/aromatic N) is 2. The third-order valence-electron chi connectivity index (χ3n) is 3.79. The molecule has 5 heteroatoms. The van der Waals surface area contributed by atoms with Crippen LogP contribution in [0.25, 0.3) is 0 Å². The van der Waals surface area contributed by atoms with Crippen LogP contribution in [0.5, 0.6) is 0 Å². The molecule has 1 amide bonds. The first-order chi connectivity index (χ1) is 9.49. The van der Waals surface area contributed by atoms with E-state index in [2.05, 4.69) is 4.90 Å². The van der Waals surface area contributed by atoms with Crippen LogP contribution in [-0.4, -0.2) is 43.0 Å². The van der Waals surface area contributed by atoms with E-state index in [1.165, 1.54) is 0 Å². The van der Waals surface area contributed by atoms with Crippen LogP contribution in [0.15, 0.2) is 24.3 Å². The maximum absolute atomic E-state index is 12.2. The van der Waals surface area contributed by atoms with Crippen molar-refractivity contribution >= 4 is 23.2 Å². The molecule has 0 unspecified atom stereocenters. The molecule has 1 aliphatic rings. The fourth-order valence-electron chi connectivity index (χ4n) is 2.33. The Morgan fingerprint density at radius 2 is 1.70 bits per heavy atom. The number of halogens is 1. The van der Waals surface area contributed by atoms with Crippen molar-refractivity contribution in [2.45, 2.75) is 19.9 Å². The summed E-state index contributed by atoms with van der Waals surface area (Å²) in [5, 5.41) is 0.741.